The number of ether oxygens (including phenoxy) is 1. The molecule has 1 aliphatic heterocycles. The number of nitrogens with two attached hydrogens (primary N) is 1. The maximum Gasteiger partial charge on any atom is 0.398 e. The van der Waals surface area contributed by atoms with Crippen molar-refractivity contribution < 1.29 is 23.6 Å². The van der Waals surface area contributed by atoms with Crippen LogP contribution < -0.4 is 10.5 Å². The van der Waals surface area contributed by atoms with Gasteiger partial charge in [-0.25, -0.2) is 9.59 Å². The molecular formula is C23H16N2O5. The number of carbonyl (C=O) groups excluding carboxylic acids is 2. The fourth-order valence-corrected chi connectivity index (χ4v) is 3.58. The van der Waals surface area contributed by atoms with Gasteiger partial charge >= 0.3 is 12.0 Å². The standard InChI is InChI=1S/C23H16N2O5/c24-23(27)25(30-22(26)20-13-14-7-1-4-10-17(14)28-20)21-15-8-2-5-11-18(15)29-19-12-6-3-9-16(19)21/h1-13,21H,(H2,24,27). The van der Waals surface area contributed by atoms with E-state index in [0.717, 1.165) is 10.4 Å². The number of hydrogen-bond acceptors (Lipinski definition) is 5. The SMILES string of the molecule is NC(=O)N(OC(=O)c1cc2ccccc2o1)C1c2ccccc2Oc2ccccc21. The molecule has 2 amide bonds. The number of hydrogen-bond donors (Lipinski definition) is 1. The van der Waals surface area contributed by atoms with Crippen LogP contribution in [0.25, 0.3) is 11.0 Å². The fraction of sp³-hybridized carbons (Fsp3) is 0.0435. The van der Waals surface area contributed by atoms with Gasteiger partial charge in [-0.05, 0) is 24.3 Å². The maximum atomic E-state index is 12.8. The molecule has 2 heterocycles. The highest BCUT2D eigenvalue weighted by atomic mass is 16.7. The number of hydroxylamine groups is 2. The van der Waals surface area contributed by atoms with Gasteiger partial charge in [-0.3, -0.25) is 0 Å². The summed E-state index contributed by atoms with van der Waals surface area (Å²) in [5.41, 5.74) is 7.45. The van der Waals surface area contributed by atoms with Gasteiger partial charge in [0.05, 0.1) is 0 Å². The summed E-state index contributed by atoms with van der Waals surface area (Å²) < 4.78 is 11.5. The summed E-state index contributed by atoms with van der Waals surface area (Å²) >= 11 is 0. The van der Waals surface area contributed by atoms with Crippen LogP contribution in [0.3, 0.4) is 0 Å². The Morgan fingerprint density at radius 1 is 0.867 bits per heavy atom. The van der Waals surface area contributed by atoms with E-state index in [0.29, 0.717) is 28.2 Å². The summed E-state index contributed by atoms with van der Waals surface area (Å²) in [4.78, 5) is 30.6. The topological polar surface area (TPSA) is 95.0 Å². The molecule has 5 rings (SSSR count). The van der Waals surface area contributed by atoms with E-state index in [-0.39, 0.29) is 5.76 Å². The minimum absolute atomic E-state index is 0.0314. The highest BCUT2D eigenvalue weighted by Gasteiger charge is 2.37. The van der Waals surface area contributed by atoms with Crippen LogP contribution in [0.4, 0.5) is 4.79 Å². The molecule has 3 aromatic carbocycles. The van der Waals surface area contributed by atoms with Crippen molar-refractivity contribution in [3.8, 4) is 11.5 Å². The first-order chi connectivity index (χ1) is 14.6. The predicted molar refractivity (Wildman–Crippen MR) is 108 cm³/mol. The van der Waals surface area contributed by atoms with E-state index >= 15 is 0 Å². The summed E-state index contributed by atoms with van der Waals surface area (Å²) in [5, 5.41) is 1.60. The third kappa shape index (κ3) is 2.93. The number of carbonyl (C=O) groups is 2. The van der Waals surface area contributed by atoms with Crippen molar-refractivity contribution in [2.24, 2.45) is 5.73 Å². The zero-order valence-corrected chi connectivity index (χ0v) is 15.6. The summed E-state index contributed by atoms with van der Waals surface area (Å²) in [6.45, 7) is 0. The zero-order valence-electron chi connectivity index (χ0n) is 15.6. The Balaban J connectivity index is 1.55. The molecule has 148 valence electrons. The molecule has 0 saturated heterocycles. The number of nitrogens with zero attached hydrogens (tertiary/aromatic N) is 1. The Labute approximate surface area is 171 Å². The van der Waals surface area contributed by atoms with E-state index in [1.807, 2.05) is 36.4 Å². The van der Waals surface area contributed by atoms with Crippen LogP contribution in [0.15, 0.2) is 83.3 Å². The molecule has 0 spiro atoms. The first-order valence-electron chi connectivity index (χ1n) is 9.27. The van der Waals surface area contributed by atoms with E-state index in [1.54, 1.807) is 42.5 Å². The van der Waals surface area contributed by atoms with Crippen LogP contribution in [0.2, 0.25) is 0 Å². The van der Waals surface area contributed by atoms with Crippen molar-refractivity contribution in [2.75, 3.05) is 0 Å². The molecule has 0 saturated carbocycles. The highest BCUT2D eigenvalue weighted by molar-refractivity contribution is 5.93. The van der Waals surface area contributed by atoms with Crippen molar-refractivity contribution >= 4 is 23.0 Å². The Morgan fingerprint density at radius 3 is 2.10 bits per heavy atom. The Kier molecular flexibility index (Phi) is 4.14. The first kappa shape index (κ1) is 17.8. The number of para-hydroxylation sites is 3. The lowest BCUT2D eigenvalue weighted by molar-refractivity contribution is -0.0919. The smallest absolute Gasteiger partial charge is 0.398 e. The second-order valence-corrected chi connectivity index (χ2v) is 6.77. The molecule has 0 bridgehead atoms. The molecule has 0 aliphatic carbocycles. The first-order valence-corrected chi connectivity index (χ1v) is 9.27. The summed E-state index contributed by atoms with van der Waals surface area (Å²) in [6.07, 6.45) is 0. The van der Waals surface area contributed by atoms with Crippen LogP contribution in [0.1, 0.15) is 27.7 Å². The molecule has 2 N–H and O–H groups in total. The number of fused-ring (bicyclic) bond motifs is 3. The van der Waals surface area contributed by atoms with Gasteiger partial charge in [0.1, 0.15) is 23.1 Å². The highest BCUT2D eigenvalue weighted by Crippen LogP contribution is 2.45. The summed E-state index contributed by atoms with van der Waals surface area (Å²) in [5.74, 6) is 0.238. The van der Waals surface area contributed by atoms with Crippen molar-refractivity contribution in [3.63, 3.8) is 0 Å². The molecule has 0 unspecified atom stereocenters. The van der Waals surface area contributed by atoms with Crippen LogP contribution in [-0.2, 0) is 4.84 Å². The molecule has 30 heavy (non-hydrogen) atoms. The molecule has 0 radical (unpaired) electrons. The minimum Gasteiger partial charge on any atom is -0.457 e. The van der Waals surface area contributed by atoms with Crippen molar-refractivity contribution in [3.05, 3.63) is 95.7 Å². The van der Waals surface area contributed by atoms with Crippen LogP contribution in [0.5, 0.6) is 11.5 Å². The molecule has 1 aromatic heterocycles. The summed E-state index contributed by atoms with van der Waals surface area (Å²) in [6, 6.07) is 21.4. The number of rotatable bonds is 2. The average molecular weight is 400 g/mol. The van der Waals surface area contributed by atoms with Gasteiger partial charge < -0.3 is 19.7 Å². The third-order valence-electron chi connectivity index (χ3n) is 4.91. The Hall–Kier alpha value is -4.26. The van der Waals surface area contributed by atoms with Crippen LogP contribution in [-0.4, -0.2) is 17.1 Å². The normalized spacial score (nSPS) is 12.5. The van der Waals surface area contributed by atoms with Crippen molar-refractivity contribution in [1.29, 1.82) is 0 Å². The molecule has 1 aliphatic rings. The van der Waals surface area contributed by atoms with E-state index in [1.165, 1.54) is 0 Å². The zero-order chi connectivity index (χ0) is 20.7. The number of urea groups is 1. The lowest BCUT2D eigenvalue weighted by atomic mass is 9.94. The average Bonchev–Trinajstić information content (AvgIpc) is 3.20. The van der Waals surface area contributed by atoms with Crippen molar-refractivity contribution in [1.82, 2.24) is 5.06 Å². The van der Waals surface area contributed by atoms with Crippen molar-refractivity contribution in [2.45, 2.75) is 6.04 Å². The lowest BCUT2D eigenvalue weighted by Crippen LogP contribution is -2.41. The van der Waals surface area contributed by atoms with Gasteiger partial charge in [0.25, 0.3) is 0 Å². The molecule has 4 aromatic rings. The van der Waals surface area contributed by atoms with Gasteiger partial charge in [-0.2, -0.15) is 0 Å². The van der Waals surface area contributed by atoms with Gasteiger partial charge in [-0.1, -0.05) is 54.6 Å². The Bertz CT molecular complexity index is 1200. The van der Waals surface area contributed by atoms with Gasteiger partial charge in [-0.15, -0.1) is 5.06 Å². The van der Waals surface area contributed by atoms with E-state index in [9.17, 15) is 9.59 Å². The number of furan rings is 1. The molecule has 0 fully saturated rings. The molecule has 7 nitrogen and oxygen atoms in total. The molecular weight excluding hydrogens is 384 g/mol. The van der Waals surface area contributed by atoms with E-state index < -0.39 is 18.0 Å². The number of benzene rings is 3. The Morgan fingerprint density at radius 2 is 1.47 bits per heavy atom. The lowest BCUT2D eigenvalue weighted by Gasteiger charge is -2.33. The second-order valence-electron chi connectivity index (χ2n) is 6.77. The van der Waals surface area contributed by atoms with E-state index in [4.69, 9.17) is 19.7 Å². The summed E-state index contributed by atoms with van der Waals surface area (Å²) in [7, 11) is 0. The second kappa shape index (κ2) is 6.97. The van der Waals surface area contributed by atoms with Gasteiger partial charge in [0, 0.05) is 16.5 Å². The predicted octanol–water partition coefficient (Wildman–Crippen LogP) is 4.78. The molecule has 7 heteroatoms. The van der Waals surface area contributed by atoms with E-state index in [2.05, 4.69) is 0 Å². The number of amides is 2. The van der Waals surface area contributed by atoms with Gasteiger partial charge in [0.2, 0.25) is 5.76 Å². The van der Waals surface area contributed by atoms with Gasteiger partial charge in [0.15, 0.2) is 0 Å². The quantitative estimate of drug-likeness (QED) is 0.489. The largest absolute Gasteiger partial charge is 0.457 e. The minimum atomic E-state index is -0.920. The number of primary amides is 1. The van der Waals surface area contributed by atoms with Crippen LogP contribution in [0, 0.1) is 0 Å². The molecule has 0 atom stereocenters. The third-order valence-corrected chi connectivity index (χ3v) is 4.91. The fourth-order valence-electron chi connectivity index (χ4n) is 3.58. The monoisotopic (exact) mass is 400 g/mol. The maximum absolute atomic E-state index is 12.8. The van der Waals surface area contributed by atoms with Crippen LogP contribution >= 0.6 is 0 Å².